The van der Waals surface area contributed by atoms with Gasteiger partial charge in [0.05, 0.1) is 23.4 Å². The fourth-order valence-electron chi connectivity index (χ4n) is 4.89. The maximum Gasteiger partial charge on any atom is 0.254 e. The minimum atomic E-state index is 0.0677. The zero-order valence-corrected chi connectivity index (χ0v) is 19.0. The Kier molecular flexibility index (Phi) is 5.43. The molecule has 1 amide bonds. The van der Waals surface area contributed by atoms with Crippen molar-refractivity contribution in [3.63, 3.8) is 0 Å². The van der Waals surface area contributed by atoms with Crippen molar-refractivity contribution < 1.29 is 9.53 Å². The summed E-state index contributed by atoms with van der Waals surface area (Å²) in [6.07, 6.45) is 4.52. The molecule has 6 nitrogen and oxygen atoms in total. The molecule has 0 bridgehead atoms. The molecule has 0 saturated carbocycles. The van der Waals surface area contributed by atoms with Gasteiger partial charge in [-0.15, -0.1) is 0 Å². The first-order valence-corrected chi connectivity index (χ1v) is 11.8. The van der Waals surface area contributed by atoms with Crippen molar-refractivity contribution >= 4 is 16.8 Å². The highest BCUT2D eigenvalue weighted by atomic mass is 16.5. The van der Waals surface area contributed by atoms with Crippen LogP contribution in [0.2, 0.25) is 0 Å². The number of pyridine rings is 2. The number of hydrogen-bond acceptors (Lipinski definition) is 5. The molecule has 34 heavy (non-hydrogen) atoms. The summed E-state index contributed by atoms with van der Waals surface area (Å²) in [6.45, 7) is 4.83. The second kappa shape index (κ2) is 8.88. The van der Waals surface area contributed by atoms with Gasteiger partial charge in [0.2, 0.25) is 0 Å². The zero-order chi connectivity index (χ0) is 22.9. The first-order chi connectivity index (χ1) is 16.7. The van der Waals surface area contributed by atoms with E-state index in [9.17, 15) is 4.79 Å². The highest BCUT2D eigenvalue weighted by Gasteiger charge is 2.25. The van der Waals surface area contributed by atoms with Crippen LogP contribution in [0.1, 0.15) is 21.5 Å². The molecule has 0 radical (unpaired) electrons. The van der Waals surface area contributed by atoms with Gasteiger partial charge in [-0.2, -0.15) is 0 Å². The third-order valence-corrected chi connectivity index (χ3v) is 6.72. The Morgan fingerprint density at radius 3 is 2.71 bits per heavy atom. The van der Waals surface area contributed by atoms with Crippen molar-refractivity contribution in [2.45, 2.75) is 13.0 Å². The van der Waals surface area contributed by atoms with Crippen LogP contribution < -0.4 is 4.74 Å². The van der Waals surface area contributed by atoms with Crippen molar-refractivity contribution in [2.75, 3.05) is 32.8 Å². The number of carbonyl (C=O) groups excluding carboxylic acids is 1. The molecule has 0 atom stereocenters. The van der Waals surface area contributed by atoms with E-state index in [0.29, 0.717) is 18.7 Å². The Labute approximate surface area is 198 Å². The predicted molar refractivity (Wildman–Crippen MR) is 132 cm³/mol. The molecule has 0 unspecified atom stereocenters. The molecule has 2 aromatic heterocycles. The molecule has 1 saturated heterocycles. The third kappa shape index (κ3) is 4.01. The van der Waals surface area contributed by atoms with Crippen LogP contribution in [0.25, 0.3) is 22.2 Å². The lowest BCUT2D eigenvalue weighted by atomic mass is 10.0. The molecule has 6 heteroatoms. The summed E-state index contributed by atoms with van der Waals surface area (Å²) in [7, 11) is 0. The van der Waals surface area contributed by atoms with Crippen LogP contribution in [0.15, 0.2) is 73.1 Å². The molecule has 170 valence electrons. The number of ether oxygens (including phenoxy) is 1. The first kappa shape index (κ1) is 20.8. The van der Waals surface area contributed by atoms with E-state index in [4.69, 9.17) is 9.72 Å². The van der Waals surface area contributed by atoms with E-state index in [1.807, 2.05) is 47.4 Å². The predicted octanol–water partition coefficient (Wildman–Crippen LogP) is 4.19. The van der Waals surface area contributed by atoms with Crippen molar-refractivity contribution in [3.05, 3.63) is 89.7 Å². The van der Waals surface area contributed by atoms with Crippen molar-refractivity contribution in [3.8, 4) is 17.0 Å². The Balaban J connectivity index is 1.20. The Hall–Kier alpha value is -3.77. The van der Waals surface area contributed by atoms with Crippen molar-refractivity contribution in [1.82, 2.24) is 19.8 Å². The Morgan fingerprint density at radius 2 is 1.85 bits per heavy atom. The average molecular weight is 451 g/mol. The number of nitrogens with zero attached hydrogens (tertiary/aromatic N) is 4. The summed E-state index contributed by atoms with van der Waals surface area (Å²) in [5.74, 6) is 1.09. The van der Waals surface area contributed by atoms with Gasteiger partial charge in [0.1, 0.15) is 5.75 Å². The third-order valence-electron chi connectivity index (χ3n) is 6.72. The van der Waals surface area contributed by atoms with Gasteiger partial charge < -0.3 is 9.64 Å². The molecule has 2 aromatic carbocycles. The number of hydrogen-bond donors (Lipinski definition) is 0. The molecular formula is C28H26N4O2. The molecule has 4 heterocycles. The zero-order valence-electron chi connectivity index (χ0n) is 19.0. The summed E-state index contributed by atoms with van der Waals surface area (Å²) in [5, 5.41) is 0.892. The number of piperazine rings is 1. The van der Waals surface area contributed by atoms with E-state index >= 15 is 0 Å². The minimum Gasteiger partial charge on any atom is -0.493 e. The summed E-state index contributed by atoms with van der Waals surface area (Å²) >= 11 is 0. The maximum absolute atomic E-state index is 13.6. The van der Waals surface area contributed by atoms with Gasteiger partial charge in [0.15, 0.2) is 0 Å². The van der Waals surface area contributed by atoms with Gasteiger partial charge in [-0.25, -0.2) is 4.98 Å². The normalized spacial score (nSPS) is 15.8. The van der Waals surface area contributed by atoms with E-state index in [2.05, 4.69) is 28.1 Å². The van der Waals surface area contributed by atoms with Gasteiger partial charge in [0.25, 0.3) is 5.91 Å². The van der Waals surface area contributed by atoms with Crippen LogP contribution in [-0.4, -0.2) is 58.5 Å². The van der Waals surface area contributed by atoms with Gasteiger partial charge in [0, 0.05) is 62.5 Å². The lowest BCUT2D eigenvalue weighted by molar-refractivity contribution is 0.0630. The summed E-state index contributed by atoms with van der Waals surface area (Å²) in [5.41, 5.74) is 5.83. The molecule has 6 rings (SSSR count). The van der Waals surface area contributed by atoms with Crippen LogP contribution >= 0.6 is 0 Å². The number of rotatable bonds is 4. The number of aromatic nitrogens is 2. The van der Waals surface area contributed by atoms with Crippen LogP contribution in [0.4, 0.5) is 0 Å². The van der Waals surface area contributed by atoms with E-state index in [1.165, 1.54) is 11.1 Å². The second-order valence-corrected chi connectivity index (χ2v) is 8.92. The fourth-order valence-corrected chi connectivity index (χ4v) is 4.89. The number of fused-ring (bicyclic) bond motifs is 2. The molecule has 0 spiro atoms. The van der Waals surface area contributed by atoms with Gasteiger partial charge in [-0.05, 0) is 41.5 Å². The first-order valence-electron chi connectivity index (χ1n) is 11.8. The van der Waals surface area contributed by atoms with Crippen molar-refractivity contribution in [2.24, 2.45) is 0 Å². The number of carbonyl (C=O) groups is 1. The fraction of sp³-hybridized carbons (Fsp3) is 0.250. The summed E-state index contributed by atoms with van der Waals surface area (Å²) < 4.78 is 5.63. The van der Waals surface area contributed by atoms with E-state index < -0.39 is 0 Å². The largest absolute Gasteiger partial charge is 0.493 e. The topological polar surface area (TPSA) is 58.6 Å². The smallest absolute Gasteiger partial charge is 0.254 e. The highest BCUT2D eigenvalue weighted by Crippen LogP contribution is 2.28. The maximum atomic E-state index is 13.6. The summed E-state index contributed by atoms with van der Waals surface area (Å²) in [4.78, 5) is 27.0. The molecule has 1 fully saturated rings. The minimum absolute atomic E-state index is 0.0677. The molecule has 0 N–H and O–H groups in total. The quantitative estimate of drug-likeness (QED) is 0.467. The van der Waals surface area contributed by atoms with E-state index in [-0.39, 0.29) is 5.91 Å². The number of amides is 1. The summed E-state index contributed by atoms with van der Waals surface area (Å²) in [6, 6.07) is 20.2. The molecule has 2 aliphatic heterocycles. The van der Waals surface area contributed by atoms with Crippen molar-refractivity contribution in [1.29, 1.82) is 0 Å². The van der Waals surface area contributed by atoms with Crippen LogP contribution in [0, 0.1) is 0 Å². The van der Waals surface area contributed by atoms with Crippen LogP contribution in [-0.2, 0) is 13.0 Å². The van der Waals surface area contributed by atoms with E-state index in [0.717, 1.165) is 60.6 Å². The monoisotopic (exact) mass is 450 g/mol. The van der Waals surface area contributed by atoms with Crippen LogP contribution in [0.5, 0.6) is 5.75 Å². The SMILES string of the molecule is O=C(c1cc(-c2cccnc2)nc2ccccc12)N1CCN(Cc2ccc3c(c2)CCO3)CC1. The lowest BCUT2D eigenvalue weighted by Crippen LogP contribution is -2.48. The van der Waals surface area contributed by atoms with Gasteiger partial charge >= 0.3 is 0 Å². The van der Waals surface area contributed by atoms with Gasteiger partial charge in [-0.3, -0.25) is 14.7 Å². The molecule has 0 aliphatic carbocycles. The number of para-hydroxylation sites is 1. The number of benzene rings is 2. The highest BCUT2D eigenvalue weighted by molar-refractivity contribution is 6.07. The second-order valence-electron chi connectivity index (χ2n) is 8.92. The van der Waals surface area contributed by atoms with Crippen LogP contribution in [0.3, 0.4) is 0 Å². The van der Waals surface area contributed by atoms with E-state index in [1.54, 1.807) is 12.4 Å². The molecule has 2 aliphatic rings. The average Bonchev–Trinajstić information content (AvgIpc) is 3.37. The molecular weight excluding hydrogens is 424 g/mol. The molecule has 4 aromatic rings. The van der Waals surface area contributed by atoms with Gasteiger partial charge in [-0.1, -0.05) is 30.3 Å². The Morgan fingerprint density at radius 1 is 0.971 bits per heavy atom. The standard InChI is InChI=1S/C28H26N4O2/c33-28(24-17-26(22-4-3-10-29-18-22)30-25-6-2-1-5-23(24)25)32-13-11-31(12-14-32)19-20-7-8-27-21(16-20)9-15-34-27/h1-8,10,16-18H,9,11-15,19H2. The lowest BCUT2D eigenvalue weighted by Gasteiger charge is -2.35. The Bertz CT molecular complexity index is 1350.